The number of fused-ring (bicyclic) bond motifs is 1. The third-order valence-electron chi connectivity index (χ3n) is 2.13. The third-order valence-corrected chi connectivity index (χ3v) is 2.13. The molecule has 2 aromatic rings. The fourth-order valence-electron chi connectivity index (χ4n) is 1.43. The number of anilines is 1. The van der Waals surface area contributed by atoms with Crippen LogP contribution in [0.5, 0.6) is 0 Å². The molecule has 1 heterocycles. The topological polar surface area (TPSA) is 109 Å². The molecule has 6 nitrogen and oxygen atoms in total. The van der Waals surface area contributed by atoms with Gasteiger partial charge in [0.05, 0.1) is 4.92 Å². The van der Waals surface area contributed by atoms with Crippen LogP contribution in [0.4, 0.5) is 11.5 Å². The Morgan fingerprint density at radius 3 is 2.87 bits per heavy atom. The molecule has 6 heteroatoms. The molecule has 0 radical (unpaired) electrons. The van der Waals surface area contributed by atoms with Gasteiger partial charge < -0.3 is 10.7 Å². The number of nitrogens with one attached hydrogen (secondary N) is 1. The molecule has 0 aliphatic rings. The second-order valence-electron chi connectivity index (χ2n) is 3.01. The SMILES string of the molecule is N#Cc1c(N)[nH]c2ccc([N+](=O)[O-])cc12. The van der Waals surface area contributed by atoms with Crippen molar-refractivity contribution < 1.29 is 4.92 Å². The van der Waals surface area contributed by atoms with E-state index in [4.69, 9.17) is 11.0 Å². The molecular formula is C9H6N4O2. The minimum absolute atomic E-state index is 0.0574. The first-order valence-electron chi connectivity index (χ1n) is 4.09. The van der Waals surface area contributed by atoms with Crippen molar-refractivity contribution in [3.8, 4) is 6.07 Å². The molecule has 3 N–H and O–H groups in total. The van der Waals surface area contributed by atoms with Crippen LogP contribution < -0.4 is 5.73 Å². The van der Waals surface area contributed by atoms with Gasteiger partial charge in [-0.1, -0.05) is 0 Å². The maximum absolute atomic E-state index is 10.5. The van der Waals surface area contributed by atoms with E-state index in [1.165, 1.54) is 18.2 Å². The number of benzene rings is 1. The number of nitrogens with two attached hydrogens (primary N) is 1. The van der Waals surface area contributed by atoms with Crippen molar-refractivity contribution in [2.45, 2.75) is 0 Å². The molecule has 0 unspecified atom stereocenters. The van der Waals surface area contributed by atoms with E-state index in [0.717, 1.165) is 0 Å². The molecule has 0 aliphatic heterocycles. The third kappa shape index (κ3) is 1.26. The van der Waals surface area contributed by atoms with Gasteiger partial charge in [0.15, 0.2) is 0 Å². The summed E-state index contributed by atoms with van der Waals surface area (Å²) in [5.41, 5.74) is 6.35. The molecule has 1 aromatic carbocycles. The number of hydrogen-bond donors (Lipinski definition) is 2. The van der Waals surface area contributed by atoms with Gasteiger partial charge >= 0.3 is 0 Å². The molecular weight excluding hydrogens is 196 g/mol. The van der Waals surface area contributed by atoms with Gasteiger partial charge in [0.2, 0.25) is 0 Å². The predicted octanol–water partition coefficient (Wildman–Crippen LogP) is 1.53. The molecule has 0 atom stereocenters. The number of hydrogen-bond acceptors (Lipinski definition) is 4. The normalized spacial score (nSPS) is 10.1. The van der Waals surface area contributed by atoms with E-state index in [1.54, 1.807) is 0 Å². The number of rotatable bonds is 1. The first kappa shape index (κ1) is 9.02. The molecule has 0 aliphatic carbocycles. The van der Waals surface area contributed by atoms with E-state index in [1.807, 2.05) is 6.07 Å². The van der Waals surface area contributed by atoms with E-state index in [9.17, 15) is 10.1 Å². The Kier molecular flexibility index (Phi) is 1.80. The molecule has 2 rings (SSSR count). The highest BCUT2D eigenvalue weighted by atomic mass is 16.6. The van der Waals surface area contributed by atoms with Crippen LogP contribution in [0.15, 0.2) is 18.2 Å². The predicted molar refractivity (Wildman–Crippen MR) is 54.1 cm³/mol. The number of nitriles is 1. The van der Waals surface area contributed by atoms with E-state index < -0.39 is 4.92 Å². The van der Waals surface area contributed by atoms with Gasteiger partial charge in [-0.15, -0.1) is 0 Å². The van der Waals surface area contributed by atoms with Crippen LogP contribution in [0.2, 0.25) is 0 Å². The van der Waals surface area contributed by atoms with E-state index in [2.05, 4.69) is 4.98 Å². The van der Waals surface area contributed by atoms with Crippen LogP contribution in [0, 0.1) is 21.4 Å². The number of H-pyrrole nitrogens is 1. The summed E-state index contributed by atoms with van der Waals surface area (Å²) in [4.78, 5) is 12.8. The molecule has 0 fully saturated rings. The number of non-ortho nitro benzene ring substituents is 1. The van der Waals surface area contributed by atoms with E-state index in [0.29, 0.717) is 10.9 Å². The second kappa shape index (κ2) is 2.99. The van der Waals surface area contributed by atoms with Crippen LogP contribution in [0.3, 0.4) is 0 Å². The highest BCUT2D eigenvalue weighted by molar-refractivity contribution is 5.92. The van der Waals surface area contributed by atoms with E-state index in [-0.39, 0.29) is 17.1 Å². The average Bonchev–Trinajstić information content (AvgIpc) is 2.51. The Hall–Kier alpha value is -2.55. The van der Waals surface area contributed by atoms with Crippen molar-refractivity contribution in [2.75, 3.05) is 5.73 Å². The molecule has 15 heavy (non-hydrogen) atoms. The van der Waals surface area contributed by atoms with Gasteiger partial charge in [0, 0.05) is 23.0 Å². The maximum atomic E-state index is 10.5. The summed E-state index contributed by atoms with van der Waals surface area (Å²) in [6, 6.07) is 6.13. The fourth-order valence-corrected chi connectivity index (χ4v) is 1.43. The van der Waals surface area contributed by atoms with Gasteiger partial charge in [-0.25, -0.2) is 0 Å². The minimum Gasteiger partial charge on any atom is -0.384 e. The molecule has 0 saturated carbocycles. The largest absolute Gasteiger partial charge is 0.384 e. The molecule has 74 valence electrons. The molecule has 0 amide bonds. The zero-order chi connectivity index (χ0) is 11.0. The summed E-state index contributed by atoms with van der Waals surface area (Å²) in [6.45, 7) is 0. The van der Waals surface area contributed by atoms with Gasteiger partial charge in [0.25, 0.3) is 5.69 Å². The van der Waals surface area contributed by atoms with Crippen LogP contribution in [0.25, 0.3) is 10.9 Å². The lowest BCUT2D eigenvalue weighted by atomic mass is 10.1. The van der Waals surface area contributed by atoms with Gasteiger partial charge in [-0.2, -0.15) is 5.26 Å². The van der Waals surface area contributed by atoms with Crippen LogP contribution in [-0.2, 0) is 0 Å². The number of nitrogens with zero attached hydrogens (tertiary/aromatic N) is 2. The van der Waals surface area contributed by atoms with Crippen molar-refractivity contribution >= 4 is 22.4 Å². The van der Waals surface area contributed by atoms with Crippen molar-refractivity contribution in [3.05, 3.63) is 33.9 Å². The van der Waals surface area contributed by atoms with Gasteiger partial charge in [-0.3, -0.25) is 10.1 Å². The highest BCUT2D eigenvalue weighted by Gasteiger charge is 2.12. The Bertz CT molecular complexity index is 594. The Balaban J connectivity index is 2.80. The van der Waals surface area contributed by atoms with Crippen molar-refractivity contribution in [2.24, 2.45) is 0 Å². The smallest absolute Gasteiger partial charge is 0.270 e. The average molecular weight is 202 g/mol. The molecule has 1 aromatic heterocycles. The standard InChI is InChI=1S/C9H6N4O2/c10-4-7-6-3-5(13(14)15)1-2-8(6)12-9(7)11/h1-3,12H,11H2. The lowest BCUT2D eigenvalue weighted by molar-refractivity contribution is -0.384. The minimum atomic E-state index is -0.510. The van der Waals surface area contributed by atoms with Crippen LogP contribution in [-0.4, -0.2) is 9.91 Å². The van der Waals surface area contributed by atoms with Crippen molar-refractivity contribution in [1.82, 2.24) is 4.98 Å². The summed E-state index contributed by atoms with van der Waals surface area (Å²) < 4.78 is 0. The number of nitrogen functional groups attached to an aromatic ring is 1. The zero-order valence-electron chi connectivity index (χ0n) is 7.52. The summed E-state index contributed by atoms with van der Waals surface area (Å²) in [7, 11) is 0. The number of aromatic amines is 1. The van der Waals surface area contributed by atoms with Gasteiger partial charge in [0.1, 0.15) is 17.5 Å². The Morgan fingerprint density at radius 2 is 2.27 bits per heavy atom. The summed E-state index contributed by atoms with van der Waals surface area (Å²) >= 11 is 0. The monoisotopic (exact) mass is 202 g/mol. The first-order chi connectivity index (χ1) is 7.13. The summed E-state index contributed by atoms with van der Waals surface area (Å²) in [6.07, 6.45) is 0. The molecule has 0 spiro atoms. The lowest BCUT2D eigenvalue weighted by Crippen LogP contribution is -1.87. The van der Waals surface area contributed by atoms with Crippen LogP contribution >= 0.6 is 0 Å². The van der Waals surface area contributed by atoms with Crippen molar-refractivity contribution in [1.29, 1.82) is 5.26 Å². The Labute approximate surface area is 84.1 Å². The number of aromatic nitrogens is 1. The van der Waals surface area contributed by atoms with Gasteiger partial charge in [-0.05, 0) is 6.07 Å². The number of nitro benzene ring substituents is 1. The maximum Gasteiger partial charge on any atom is 0.270 e. The zero-order valence-corrected chi connectivity index (χ0v) is 7.52. The van der Waals surface area contributed by atoms with E-state index >= 15 is 0 Å². The lowest BCUT2D eigenvalue weighted by Gasteiger charge is -1.91. The first-order valence-corrected chi connectivity index (χ1v) is 4.09. The molecule has 0 saturated heterocycles. The molecule has 0 bridgehead atoms. The summed E-state index contributed by atoms with van der Waals surface area (Å²) in [5.74, 6) is 0.230. The van der Waals surface area contributed by atoms with Crippen molar-refractivity contribution in [3.63, 3.8) is 0 Å². The second-order valence-corrected chi connectivity index (χ2v) is 3.01. The number of nitro groups is 1. The van der Waals surface area contributed by atoms with Crippen LogP contribution in [0.1, 0.15) is 5.56 Å². The fraction of sp³-hybridized carbons (Fsp3) is 0. The quantitative estimate of drug-likeness (QED) is 0.539. The highest BCUT2D eigenvalue weighted by Crippen LogP contribution is 2.26. The Morgan fingerprint density at radius 1 is 1.53 bits per heavy atom. The summed E-state index contributed by atoms with van der Waals surface area (Å²) in [5, 5.41) is 19.8.